The van der Waals surface area contributed by atoms with E-state index in [9.17, 15) is 4.79 Å². The van der Waals surface area contributed by atoms with E-state index in [1.807, 2.05) is 38.2 Å². The third-order valence-corrected chi connectivity index (χ3v) is 4.00. The van der Waals surface area contributed by atoms with Crippen molar-refractivity contribution >= 4 is 5.91 Å². The fourth-order valence-electron chi connectivity index (χ4n) is 2.52. The summed E-state index contributed by atoms with van der Waals surface area (Å²) in [5, 5.41) is 6.07. The SMILES string of the molecule is CNC(C)CNC(=O)c1cccc(CN(C)Cc2ccccc2)c1. The third kappa shape index (κ3) is 5.80. The molecule has 2 aromatic carbocycles. The number of nitrogens with zero attached hydrogens (tertiary/aromatic N) is 1. The Morgan fingerprint density at radius 2 is 1.71 bits per heavy atom. The van der Waals surface area contributed by atoms with E-state index in [1.54, 1.807) is 0 Å². The Bertz CT molecular complexity index is 642. The number of carbonyl (C=O) groups excluding carboxylic acids is 1. The van der Waals surface area contributed by atoms with Gasteiger partial charge in [-0.1, -0.05) is 42.5 Å². The van der Waals surface area contributed by atoms with E-state index >= 15 is 0 Å². The number of nitrogens with one attached hydrogen (secondary N) is 2. The highest BCUT2D eigenvalue weighted by molar-refractivity contribution is 5.94. The first kappa shape index (κ1) is 18.2. The molecule has 2 rings (SSSR count). The van der Waals surface area contributed by atoms with Gasteiger partial charge in [0.25, 0.3) is 5.91 Å². The van der Waals surface area contributed by atoms with Crippen LogP contribution in [0.3, 0.4) is 0 Å². The Labute approximate surface area is 144 Å². The first-order valence-electron chi connectivity index (χ1n) is 8.35. The van der Waals surface area contributed by atoms with Crippen LogP contribution >= 0.6 is 0 Å². The summed E-state index contributed by atoms with van der Waals surface area (Å²) in [6.45, 7) is 4.35. The topological polar surface area (TPSA) is 44.4 Å². The first-order valence-corrected chi connectivity index (χ1v) is 8.35. The molecule has 1 atom stereocenters. The summed E-state index contributed by atoms with van der Waals surface area (Å²) in [7, 11) is 3.98. The van der Waals surface area contributed by atoms with Crippen molar-refractivity contribution in [2.45, 2.75) is 26.1 Å². The van der Waals surface area contributed by atoms with Crippen LogP contribution in [0.15, 0.2) is 54.6 Å². The van der Waals surface area contributed by atoms with Crippen molar-refractivity contribution in [1.29, 1.82) is 0 Å². The van der Waals surface area contributed by atoms with E-state index in [4.69, 9.17) is 0 Å². The maximum absolute atomic E-state index is 12.2. The van der Waals surface area contributed by atoms with Gasteiger partial charge in [0.05, 0.1) is 0 Å². The molecule has 0 saturated heterocycles. The van der Waals surface area contributed by atoms with Crippen molar-refractivity contribution in [3.63, 3.8) is 0 Å². The minimum atomic E-state index is -0.0235. The predicted octanol–water partition coefficient (Wildman–Crippen LogP) is 2.66. The van der Waals surface area contributed by atoms with E-state index in [0.29, 0.717) is 12.1 Å². The summed E-state index contributed by atoms with van der Waals surface area (Å²) in [6.07, 6.45) is 0. The van der Waals surface area contributed by atoms with Gasteiger partial charge in [0, 0.05) is 31.2 Å². The van der Waals surface area contributed by atoms with E-state index < -0.39 is 0 Å². The summed E-state index contributed by atoms with van der Waals surface area (Å²) in [4.78, 5) is 14.5. The van der Waals surface area contributed by atoms with Crippen LogP contribution in [0, 0.1) is 0 Å². The molecule has 1 unspecified atom stereocenters. The van der Waals surface area contributed by atoms with Crippen LogP contribution in [0.25, 0.3) is 0 Å². The summed E-state index contributed by atoms with van der Waals surface area (Å²) in [5.74, 6) is -0.0235. The van der Waals surface area contributed by atoms with Crippen molar-refractivity contribution in [1.82, 2.24) is 15.5 Å². The average molecular weight is 325 g/mol. The van der Waals surface area contributed by atoms with Crippen molar-refractivity contribution in [3.8, 4) is 0 Å². The number of amides is 1. The average Bonchev–Trinajstić information content (AvgIpc) is 2.60. The van der Waals surface area contributed by atoms with Gasteiger partial charge < -0.3 is 10.6 Å². The minimum absolute atomic E-state index is 0.0235. The zero-order chi connectivity index (χ0) is 17.4. The lowest BCUT2D eigenvalue weighted by Gasteiger charge is -2.17. The molecule has 0 aliphatic carbocycles. The van der Waals surface area contributed by atoms with E-state index in [1.165, 1.54) is 5.56 Å². The number of benzene rings is 2. The maximum Gasteiger partial charge on any atom is 0.251 e. The molecule has 0 radical (unpaired) electrons. The molecule has 4 nitrogen and oxygen atoms in total. The standard InChI is InChI=1S/C20H27N3O/c1-16(21-2)13-22-20(24)19-11-7-10-18(12-19)15-23(3)14-17-8-5-4-6-9-17/h4-12,16,21H,13-15H2,1-3H3,(H,22,24). The van der Waals surface area contributed by atoms with Gasteiger partial charge in [0.15, 0.2) is 0 Å². The van der Waals surface area contributed by atoms with Crippen LogP contribution in [-0.4, -0.2) is 37.5 Å². The summed E-state index contributed by atoms with van der Waals surface area (Å²) >= 11 is 0. The van der Waals surface area contributed by atoms with Gasteiger partial charge in [-0.3, -0.25) is 9.69 Å². The van der Waals surface area contributed by atoms with Crippen LogP contribution in [0.2, 0.25) is 0 Å². The maximum atomic E-state index is 12.2. The van der Waals surface area contributed by atoms with Crippen molar-refractivity contribution < 1.29 is 4.79 Å². The van der Waals surface area contributed by atoms with Crippen molar-refractivity contribution in [2.75, 3.05) is 20.6 Å². The van der Waals surface area contributed by atoms with E-state index in [2.05, 4.69) is 52.9 Å². The Morgan fingerprint density at radius 1 is 1.04 bits per heavy atom. The molecule has 1 amide bonds. The van der Waals surface area contributed by atoms with Crippen LogP contribution < -0.4 is 10.6 Å². The molecule has 2 N–H and O–H groups in total. The molecule has 0 aliphatic heterocycles. The van der Waals surface area contributed by atoms with Crippen molar-refractivity contribution in [3.05, 3.63) is 71.3 Å². The summed E-state index contributed by atoms with van der Waals surface area (Å²) in [5.41, 5.74) is 3.14. The van der Waals surface area contributed by atoms with E-state index in [0.717, 1.165) is 18.7 Å². The lowest BCUT2D eigenvalue weighted by Crippen LogP contribution is -2.37. The Morgan fingerprint density at radius 3 is 2.42 bits per heavy atom. The van der Waals surface area contributed by atoms with Crippen molar-refractivity contribution in [2.24, 2.45) is 0 Å². The van der Waals surface area contributed by atoms with Crippen LogP contribution in [0.1, 0.15) is 28.4 Å². The molecule has 0 fully saturated rings. The van der Waals surface area contributed by atoms with E-state index in [-0.39, 0.29) is 11.9 Å². The van der Waals surface area contributed by atoms with Gasteiger partial charge in [-0.2, -0.15) is 0 Å². The smallest absolute Gasteiger partial charge is 0.251 e. The third-order valence-electron chi connectivity index (χ3n) is 4.00. The number of rotatable bonds is 8. The highest BCUT2D eigenvalue weighted by Gasteiger charge is 2.08. The van der Waals surface area contributed by atoms with Gasteiger partial charge in [0.2, 0.25) is 0 Å². The molecule has 2 aromatic rings. The van der Waals surface area contributed by atoms with Gasteiger partial charge in [0.1, 0.15) is 0 Å². The second-order valence-corrected chi connectivity index (χ2v) is 6.26. The molecule has 0 bridgehead atoms. The number of hydrogen-bond donors (Lipinski definition) is 2. The fourth-order valence-corrected chi connectivity index (χ4v) is 2.52. The van der Waals surface area contributed by atoms with Gasteiger partial charge in [-0.15, -0.1) is 0 Å². The van der Waals surface area contributed by atoms with Gasteiger partial charge in [-0.25, -0.2) is 0 Å². The predicted molar refractivity (Wildman–Crippen MR) is 98.9 cm³/mol. The van der Waals surface area contributed by atoms with Crippen LogP contribution in [0.4, 0.5) is 0 Å². The molecule has 0 aromatic heterocycles. The molecular formula is C20H27N3O. The largest absolute Gasteiger partial charge is 0.350 e. The number of hydrogen-bond acceptors (Lipinski definition) is 3. The zero-order valence-corrected chi connectivity index (χ0v) is 14.8. The molecule has 0 aliphatic rings. The Balaban J connectivity index is 1.93. The Hall–Kier alpha value is -2.17. The first-order chi connectivity index (χ1) is 11.6. The van der Waals surface area contributed by atoms with Crippen LogP contribution in [0.5, 0.6) is 0 Å². The molecule has 0 heterocycles. The van der Waals surface area contributed by atoms with Crippen LogP contribution in [-0.2, 0) is 13.1 Å². The molecule has 0 spiro atoms. The number of likely N-dealkylation sites (N-methyl/N-ethyl adjacent to an activating group) is 1. The molecule has 24 heavy (non-hydrogen) atoms. The fraction of sp³-hybridized carbons (Fsp3) is 0.350. The number of carbonyl (C=O) groups is 1. The Kier molecular flexibility index (Phi) is 6.97. The second kappa shape index (κ2) is 9.21. The lowest BCUT2D eigenvalue weighted by molar-refractivity contribution is 0.0950. The minimum Gasteiger partial charge on any atom is -0.350 e. The monoisotopic (exact) mass is 325 g/mol. The molecule has 0 saturated carbocycles. The lowest BCUT2D eigenvalue weighted by atomic mass is 10.1. The van der Waals surface area contributed by atoms with Gasteiger partial charge >= 0.3 is 0 Å². The molecule has 4 heteroatoms. The second-order valence-electron chi connectivity index (χ2n) is 6.26. The summed E-state index contributed by atoms with van der Waals surface area (Å²) in [6, 6.07) is 18.5. The van der Waals surface area contributed by atoms with Gasteiger partial charge in [-0.05, 0) is 44.3 Å². The molecule has 128 valence electrons. The zero-order valence-electron chi connectivity index (χ0n) is 14.8. The summed E-state index contributed by atoms with van der Waals surface area (Å²) < 4.78 is 0. The normalized spacial score (nSPS) is 12.2. The quantitative estimate of drug-likeness (QED) is 0.784. The highest BCUT2D eigenvalue weighted by Crippen LogP contribution is 2.10. The highest BCUT2D eigenvalue weighted by atomic mass is 16.1. The molecular weight excluding hydrogens is 298 g/mol.